The molecular formula is C15H19N3. The minimum absolute atomic E-state index is 0.914. The van der Waals surface area contributed by atoms with E-state index < -0.39 is 0 Å². The van der Waals surface area contributed by atoms with Gasteiger partial charge in [0.1, 0.15) is 5.84 Å². The molecule has 3 nitrogen and oxygen atoms in total. The van der Waals surface area contributed by atoms with Gasteiger partial charge in [-0.2, -0.15) is 0 Å². The quantitative estimate of drug-likeness (QED) is 0.791. The second-order valence-corrected chi connectivity index (χ2v) is 4.85. The number of hydrogen-bond acceptors (Lipinski definition) is 2. The Morgan fingerprint density at radius 1 is 1.28 bits per heavy atom. The minimum Gasteiger partial charge on any atom is -0.358 e. The first-order valence-corrected chi connectivity index (χ1v) is 6.57. The van der Waals surface area contributed by atoms with Crippen LogP contribution in [0.3, 0.4) is 0 Å². The van der Waals surface area contributed by atoms with Gasteiger partial charge >= 0.3 is 0 Å². The van der Waals surface area contributed by atoms with E-state index >= 15 is 0 Å². The molecule has 0 saturated carbocycles. The molecule has 3 heteroatoms. The van der Waals surface area contributed by atoms with Crippen molar-refractivity contribution in [2.45, 2.75) is 20.4 Å². The summed E-state index contributed by atoms with van der Waals surface area (Å²) in [5, 5.41) is 1.32. The number of benzene rings is 1. The number of nitrogens with zero attached hydrogens (tertiary/aromatic N) is 3. The van der Waals surface area contributed by atoms with Crippen molar-refractivity contribution in [2.24, 2.45) is 4.99 Å². The van der Waals surface area contributed by atoms with Gasteiger partial charge in [0.05, 0.1) is 6.54 Å². The van der Waals surface area contributed by atoms with E-state index in [1.165, 1.54) is 22.2 Å². The van der Waals surface area contributed by atoms with Crippen molar-refractivity contribution in [2.75, 3.05) is 20.1 Å². The number of aromatic nitrogens is 1. The van der Waals surface area contributed by atoms with Gasteiger partial charge in [0.2, 0.25) is 0 Å². The van der Waals surface area contributed by atoms with E-state index in [0.29, 0.717) is 0 Å². The van der Waals surface area contributed by atoms with Crippen LogP contribution < -0.4 is 0 Å². The summed E-state index contributed by atoms with van der Waals surface area (Å²) in [6, 6.07) is 8.63. The molecule has 0 atom stereocenters. The molecular weight excluding hydrogens is 222 g/mol. The summed E-state index contributed by atoms with van der Waals surface area (Å²) in [4.78, 5) is 6.93. The highest BCUT2D eigenvalue weighted by Gasteiger charge is 2.22. The molecule has 0 spiro atoms. The van der Waals surface area contributed by atoms with Crippen molar-refractivity contribution in [1.29, 1.82) is 0 Å². The Labute approximate surface area is 108 Å². The molecule has 0 fully saturated rings. The fourth-order valence-corrected chi connectivity index (χ4v) is 2.92. The third kappa shape index (κ3) is 1.47. The molecule has 0 aliphatic carbocycles. The number of rotatable bonds is 2. The summed E-state index contributed by atoms with van der Waals surface area (Å²) in [6.07, 6.45) is 0. The zero-order valence-corrected chi connectivity index (χ0v) is 11.3. The Bertz CT molecular complexity index is 622. The third-order valence-corrected chi connectivity index (χ3v) is 3.83. The average Bonchev–Trinajstić information content (AvgIpc) is 2.90. The van der Waals surface area contributed by atoms with E-state index in [-0.39, 0.29) is 0 Å². The number of aryl methyl sites for hydroxylation is 1. The average molecular weight is 241 g/mol. The first-order valence-electron chi connectivity index (χ1n) is 6.57. The second-order valence-electron chi connectivity index (χ2n) is 4.85. The van der Waals surface area contributed by atoms with Crippen LogP contribution in [0.25, 0.3) is 10.9 Å². The van der Waals surface area contributed by atoms with Crippen LogP contribution in [0.1, 0.15) is 18.2 Å². The smallest absolute Gasteiger partial charge is 0.133 e. The van der Waals surface area contributed by atoms with Crippen LogP contribution in [0.2, 0.25) is 0 Å². The maximum absolute atomic E-state index is 4.67. The molecule has 18 heavy (non-hydrogen) atoms. The lowest BCUT2D eigenvalue weighted by atomic mass is 10.1. The Hall–Kier alpha value is -1.77. The summed E-state index contributed by atoms with van der Waals surface area (Å²) in [7, 11) is 2.13. The molecule has 1 aliphatic heterocycles. The van der Waals surface area contributed by atoms with E-state index in [0.717, 1.165) is 25.5 Å². The predicted octanol–water partition coefficient (Wildman–Crippen LogP) is 2.66. The van der Waals surface area contributed by atoms with E-state index in [2.05, 4.69) is 59.6 Å². The number of amidine groups is 1. The molecule has 0 bridgehead atoms. The molecule has 1 aliphatic rings. The number of aliphatic imine (C=N–C) groups is 1. The minimum atomic E-state index is 0.914. The van der Waals surface area contributed by atoms with Crippen LogP contribution in [0, 0.1) is 6.92 Å². The highest BCUT2D eigenvalue weighted by Crippen LogP contribution is 2.28. The first kappa shape index (κ1) is 11.3. The predicted molar refractivity (Wildman–Crippen MR) is 76.4 cm³/mol. The van der Waals surface area contributed by atoms with E-state index in [4.69, 9.17) is 0 Å². The zero-order chi connectivity index (χ0) is 12.7. The molecule has 1 aromatic carbocycles. The highest BCUT2D eigenvalue weighted by atomic mass is 15.2. The Morgan fingerprint density at radius 3 is 2.72 bits per heavy atom. The van der Waals surface area contributed by atoms with Gasteiger partial charge in [-0.15, -0.1) is 0 Å². The number of para-hydroxylation sites is 1. The fraction of sp³-hybridized carbons (Fsp3) is 0.400. The summed E-state index contributed by atoms with van der Waals surface area (Å²) >= 11 is 0. The molecule has 0 unspecified atom stereocenters. The van der Waals surface area contributed by atoms with Crippen molar-refractivity contribution >= 4 is 16.7 Å². The summed E-state index contributed by atoms with van der Waals surface area (Å²) in [6.45, 7) is 7.34. The van der Waals surface area contributed by atoms with Crippen molar-refractivity contribution in [3.63, 3.8) is 0 Å². The summed E-state index contributed by atoms with van der Waals surface area (Å²) < 4.78 is 2.37. The van der Waals surface area contributed by atoms with Crippen LogP contribution >= 0.6 is 0 Å². The number of fused-ring (bicyclic) bond motifs is 1. The van der Waals surface area contributed by atoms with Crippen LogP contribution in [0.15, 0.2) is 29.3 Å². The van der Waals surface area contributed by atoms with Crippen LogP contribution in [-0.4, -0.2) is 35.4 Å². The van der Waals surface area contributed by atoms with Crippen molar-refractivity contribution in [3.8, 4) is 0 Å². The Morgan fingerprint density at radius 2 is 2.06 bits per heavy atom. The lowest BCUT2D eigenvalue weighted by Crippen LogP contribution is -2.24. The van der Waals surface area contributed by atoms with Crippen molar-refractivity contribution < 1.29 is 0 Å². The maximum atomic E-state index is 4.67. The molecule has 1 aromatic heterocycles. The van der Waals surface area contributed by atoms with E-state index in [1.54, 1.807) is 0 Å². The largest absolute Gasteiger partial charge is 0.358 e. The van der Waals surface area contributed by atoms with E-state index in [9.17, 15) is 0 Å². The molecule has 94 valence electrons. The fourth-order valence-electron chi connectivity index (χ4n) is 2.92. The molecule has 0 saturated heterocycles. The molecule has 0 amide bonds. The maximum Gasteiger partial charge on any atom is 0.133 e. The third-order valence-electron chi connectivity index (χ3n) is 3.83. The highest BCUT2D eigenvalue weighted by molar-refractivity contribution is 6.11. The van der Waals surface area contributed by atoms with Crippen LogP contribution in [0.4, 0.5) is 0 Å². The Balaban J connectivity index is 2.32. The van der Waals surface area contributed by atoms with Gasteiger partial charge in [-0.1, -0.05) is 18.2 Å². The molecule has 2 heterocycles. The van der Waals surface area contributed by atoms with Gasteiger partial charge in [0.25, 0.3) is 0 Å². The number of hydrogen-bond donors (Lipinski definition) is 0. The van der Waals surface area contributed by atoms with Crippen molar-refractivity contribution in [3.05, 3.63) is 35.5 Å². The SMILES string of the molecule is CCn1c(C)c(C2=NCCN2C)c2ccccc21. The van der Waals surface area contributed by atoms with Crippen molar-refractivity contribution in [1.82, 2.24) is 9.47 Å². The topological polar surface area (TPSA) is 20.5 Å². The van der Waals surface area contributed by atoms with Crippen LogP contribution in [0.5, 0.6) is 0 Å². The van der Waals surface area contributed by atoms with Crippen LogP contribution in [-0.2, 0) is 6.54 Å². The van der Waals surface area contributed by atoms with Gasteiger partial charge in [0, 0.05) is 42.3 Å². The first-order chi connectivity index (χ1) is 8.74. The molecule has 3 rings (SSSR count). The zero-order valence-electron chi connectivity index (χ0n) is 11.3. The Kier molecular flexibility index (Phi) is 2.62. The van der Waals surface area contributed by atoms with Gasteiger partial charge in [0.15, 0.2) is 0 Å². The molecule has 2 aromatic rings. The summed E-state index contributed by atoms with van der Waals surface area (Å²) in [5.74, 6) is 1.15. The lowest BCUT2D eigenvalue weighted by Gasteiger charge is -2.14. The van der Waals surface area contributed by atoms with Gasteiger partial charge in [-0.3, -0.25) is 4.99 Å². The number of likely N-dealkylation sites (N-methyl/N-ethyl adjacent to an activating group) is 1. The van der Waals surface area contributed by atoms with Gasteiger partial charge < -0.3 is 9.47 Å². The van der Waals surface area contributed by atoms with E-state index in [1.807, 2.05) is 0 Å². The van der Waals surface area contributed by atoms with Gasteiger partial charge in [-0.25, -0.2) is 0 Å². The molecule has 0 N–H and O–H groups in total. The monoisotopic (exact) mass is 241 g/mol. The summed E-state index contributed by atoms with van der Waals surface area (Å²) in [5.41, 5.74) is 3.95. The standard InChI is InChI=1S/C15H19N3/c1-4-18-11(2)14(15-16-9-10-17(15)3)12-7-5-6-8-13(12)18/h5-8H,4,9-10H2,1-3H3. The van der Waals surface area contributed by atoms with Gasteiger partial charge in [-0.05, 0) is 19.9 Å². The lowest BCUT2D eigenvalue weighted by molar-refractivity contribution is 0.556. The normalized spacial score (nSPS) is 15.5. The molecule has 0 radical (unpaired) electrons. The second kappa shape index (κ2) is 4.16.